The number of anilines is 4. The van der Waals surface area contributed by atoms with Crippen molar-refractivity contribution in [3.63, 3.8) is 0 Å². The van der Waals surface area contributed by atoms with Crippen molar-refractivity contribution in [3.8, 4) is 0 Å². The van der Waals surface area contributed by atoms with Crippen LogP contribution < -0.4 is 15.5 Å². The number of alkyl halides is 3. The van der Waals surface area contributed by atoms with Crippen LogP contribution in [0.4, 0.5) is 35.1 Å². The van der Waals surface area contributed by atoms with E-state index < -0.39 is 11.7 Å². The van der Waals surface area contributed by atoms with E-state index in [2.05, 4.69) is 42.4 Å². The van der Waals surface area contributed by atoms with Crippen LogP contribution in [0.5, 0.6) is 0 Å². The molecule has 0 saturated carbocycles. The molecule has 0 aromatic carbocycles. The van der Waals surface area contributed by atoms with Gasteiger partial charge in [-0.05, 0) is 19.9 Å². The lowest BCUT2D eigenvalue weighted by Gasteiger charge is -2.31. The van der Waals surface area contributed by atoms with Gasteiger partial charge in [0.1, 0.15) is 23.0 Å². The number of nitrogens with zero attached hydrogens (tertiary/aromatic N) is 6. The molecule has 2 saturated heterocycles. The second kappa shape index (κ2) is 11.4. The summed E-state index contributed by atoms with van der Waals surface area (Å²) in [7, 11) is 2.07. The molecule has 192 valence electrons. The summed E-state index contributed by atoms with van der Waals surface area (Å²) in [5, 5.41) is 7.23. The van der Waals surface area contributed by atoms with Crippen LogP contribution in [0.15, 0.2) is 12.4 Å². The van der Waals surface area contributed by atoms with Crippen LogP contribution in [-0.2, 0) is 15.7 Å². The summed E-state index contributed by atoms with van der Waals surface area (Å²) in [5.41, 5.74) is -0.940. The molecule has 2 aromatic rings. The first-order chi connectivity index (χ1) is 16.8. The van der Waals surface area contributed by atoms with Gasteiger partial charge in [0.25, 0.3) is 0 Å². The first kappa shape index (κ1) is 25.4. The topological polar surface area (TPSA) is 98.8 Å². The van der Waals surface area contributed by atoms with E-state index in [0.717, 1.165) is 43.9 Å². The van der Waals surface area contributed by atoms with Crippen molar-refractivity contribution in [2.75, 3.05) is 81.6 Å². The number of hydrogen-bond donors (Lipinski definition) is 2. The Hall–Kier alpha value is -2.71. The molecule has 4 heterocycles. The number of hydrogen-bond acceptors (Lipinski definition) is 10. The summed E-state index contributed by atoms with van der Waals surface area (Å²) in [6, 6.07) is 0. The minimum absolute atomic E-state index is 0.0424. The van der Waals surface area contributed by atoms with E-state index in [1.54, 1.807) is 11.1 Å². The Morgan fingerprint density at radius 2 is 1.94 bits per heavy atom. The summed E-state index contributed by atoms with van der Waals surface area (Å²) < 4.78 is 45.8. The van der Waals surface area contributed by atoms with Crippen molar-refractivity contribution in [2.24, 2.45) is 0 Å². The molecule has 2 fully saturated rings. The molecule has 0 aliphatic carbocycles. The smallest absolute Gasteiger partial charge is 0.372 e. The number of carbonyl (C=O) groups is 1. The molecule has 1 amide bonds. The van der Waals surface area contributed by atoms with Gasteiger partial charge < -0.3 is 30.1 Å². The van der Waals surface area contributed by atoms with Crippen molar-refractivity contribution < 1.29 is 22.7 Å². The number of ether oxygens (including phenoxy) is 1. The summed E-state index contributed by atoms with van der Waals surface area (Å²) >= 11 is 1.41. The monoisotopic (exact) mass is 514 g/mol. The maximum absolute atomic E-state index is 13.5. The predicted molar refractivity (Wildman–Crippen MR) is 127 cm³/mol. The minimum Gasteiger partial charge on any atom is -0.372 e. The largest absolute Gasteiger partial charge is 0.421 e. The highest BCUT2D eigenvalue weighted by atomic mass is 32.1. The molecular weight excluding hydrogens is 485 g/mol. The quantitative estimate of drug-likeness (QED) is 0.515. The van der Waals surface area contributed by atoms with Crippen LogP contribution in [0.3, 0.4) is 0 Å². The highest BCUT2D eigenvalue weighted by molar-refractivity contribution is 7.19. The van der Waals surface area contributed by atoms with Gasteiger partial charge in [-0.1, -0.05) is 11.3 Å². The fourth-order valence-electron chi connectivity index (χ4n) is 3.81. The summed E-state index contributed by atoms with van der Waals surface area (Å²) in [6.07, 6.45) is -0.979. The molecule has 0 spiro atoms. The van der Waals surface area contributed by atoms with E-state index in [0.29, 0.717) is 31.1 Å². The lowest BCUT2D eigenvalue weighted by molar-refractivity contribution is -0.137. The van der Waals surface area contributed by atoms with Gasteiger partial charge in [-0.3, -0.25) is 4.79 Å². The molecule has 0 bridgehead atoms. The maximum Gasteiger partial charge on any atom is 0.421 e. The Morgan fingerprint density at radius 3 is 2.71 bits per heavy atom. The van der Waals surface area contributed by atoms with Crippen LogP contribution in [0.25, 0.3) is 0 Å². The van der Waals surface area contributed by atoms with Crippen molar-refractivity contribution in [1.82, 2.24) is 24.8 Å². The molecule has 2 N–H and O–H groups in total. The van der Waals surface area contributed by atoms with E-state index in [1.165, 1.54) is 11.3 Å². The molecule has 10 nitrogen and oxygen atoms in total. The lowest BCUT2D eigenvalue weighted by atomic mass is 10.3. The average Bonchev–Trinajstić information content (AvgIpc) is 3.18. The van der Waals surface area contributed by atoms with Crippen LogP contribution in [0.2, 0.25) is 0 Å². The fourth-order valence-corrected chi connectivity index (χ4v) is 4.67. The third kappa shape index (κ3) is 6.92. The number of nitrogens with one attached hydrogen (secondary N) is 2. The zero-order valence-corrected chi connectivity index (χ0v) is 20.3. The van der Waals surface area contributed by atoms with E-state index in [-0.39, 0.29) is 30.8 Å². The zero-order chi connectivity index (χ0) is 24.8. The van der Waals surface area contributed by atoms with Crippen molar-refractivity contribution in [2.45, 2.75) is 19.0 Å². The molecule has 0 atom stereocenters. The standard InChI is InChI=1S/C21H29F3N8O2S/c1-30-7-9-32(10-8-30)20-27-13-16(35-20)28-19-26-12-15(21(22,23)24)18(29-19)25-4-2-5-31-6-3-11-34-14-17(31)33/h12-13H,2-11,14H2,1H3,(H2,25,26,28,29). The minimum atomic E-state index is -4.60. The summed E-state index contributed by atoms with van der Waals surface area (Å²) in [6.45, 7) is 5.43. The van der Waals surface area contributed by atoms with Crippen LogP contribution in [0.1, 0.15) is 18.4 Å². The van der Waals surface area contributed by atoms with E-state index in [4.69, 9.17) is 4.74 Å². The van der Waals surface area contributed by atoms with Gasteiger partial charge in [0, 0.05) is 58.6 Å². The number of amides is 1. The van der Waals surface area contributed by atoms with Gasteiger partial charge in [-0.25, -0.2) is 9.97 Å². The first-order valence-electron chi connectivity index (χ1n) is 11.5. The van der Waals surface area contributed by atoms with Gasteiger partial charge in [-0.2, -0.15) is 18.2 Å². The Morgan fingerprint density at radius 1 is 1.14 bits per heavy atom. The third-order valence-electron chi connectivity index (χ3n) is 5.79. The number of rotatable bonds is 8. The van der Waals surface area contributed by atoms with Crippen LogP contribution in [-0.4, -0.2) is 96.7 Å². The first-order valence-corrected chi connectivity index (χ1v) is 12.3. The maximum atomic E-state index is 13.5. The second-order valence-electron chi connectivity index (χ2n) is 8.44. The Labute approximate surface area is 205 Å². The van der Waals surface area contributed by atoms with E-state index in [1.807, 2.05) is 0 Å². The second-order valence-corrected chi connectivity index (χ2v) is 9.45. The van der Waals surface area contributed by atoms with Crippen LogP contribution >= 0.6 is 11.3 Å². The highest BCUT2D eigenvalue weighted by Gasteiger charge is 2.35. The normalized spacial score (nSPS) is 18.0. The number of halogens is 3. The summed E-state index contributed by atoms with van der Waals surface area (Å²) in [4.78, 5) is 30.5. The van der Waals surface area contributed by atoms with Crippen LogP contribution in [0, 0.1) is 0 Å². The fraction of sp³-hybridized carbons (Fsp3) is 0.619. The average molecular weight is 515 g/mol. The summed E-state index contributed by atoms with van der Waals surface area (Å²) in [5.74, 6) is -0.356. The molecule has 2 aromatic heterocycles. The molecule has 2 aliphatic heterocycles. The molecular formula is C21H29F3N8O2S. The Balaban J connectivity index is 1.38. The predicted octanol–water partition coefficient (Wildman–Crippen LogP) is 2.50. The van der Waals surface area contributed by atoms with E-state index in [9.17, 15) is 18.0 Å². The third-order valence-corrected chi connectivity index (χ3v) is 6.76. The van der Waals surface area contributed by atoms with Crippen molar-refractivity contribution >= 4 is 39.1 Å². The van der Waals surface area contributed by atoms with Gasteiger partial charge in [0.05, 0.1) is 6.20 Å². The number of aromatic nitrogens is 3. The zero-order valence-electron chi connectivity index (χ0n) is 19.5. The number of likely N-dealkylation sites (N-methyl/N-ethyl adjacent to an activating group) is 1. The molecule has 35 heavy (non-hydrogen) atoms. The number of piperazine rings is 1. The van der Waals surface area contributed by atoms with Gasteiger partial charge in [0.2, 0.25) is 11.9 Å². The van der Waals surface area contributed by atoms with Gasteiger partial charge >= 0.3 is 6.18 Å². The van der Waals surface area contributed by atoms with Gasteiger partial charge in [-0.15, -0.1) is 0 Å². The number of thiazole rings is 1. The number of carbonyl (C=O) groups excluding carboxylic acids is 1. The van der Waals surface area contributed by atoms with E-state index >= 15 is 0 Å². The van der Waals surface area contributed by atoms with Gasteiger partial charge in [0.15, 0.2) is 5.13 Å². The molecule has 2 aliphatic rings. The Kier molecular flexibility index (Phi) is 8.23. The molecule has 0 radical (unpaired) electrons. The molecule has 0 unspecified atom stereocenters. The SMILES string of the molecule is CN1CCN(c2ncc(Nc3ncc(C(F)(F)F)c(NCCCN4CCCOCC4=O)n3)s2)CC1. The van der Waals surface area contributed by atoms with Crippen molar-refractivity contribution in [3.05, 3.63) is 18.0 Å². The Bertz CT molecular complexity index is 997. The highest BCUT2D eigenvalue weighted by Crippen LogP contribution is 2.35. The molecule has 14 heteroatoms. The van der Waals surface area contributed by atoms with Crippen molar-refractivity contribution in [1.29, 1.82) is 0 Å². The molecule has 4 rings (SSSR count). The lowest BCUT2D eigenvalue weighted by Crippen LogP contribution is -2.44.